The van der Waals surface area contributed by atoms with E-state index in [0.29, 0.717) is 41.2 Å². The van der Waals surface area contributed by atoms with Gasteiger partial charge < -0.3 is 37.1 Å². The van der Waals surface area contributed by atoms with Crippen molar-refractivity contribution in [1.82, 2.24) is 30.6 Å². The van der Waals surface area contributed by atoms with Crippen LogP contribution >= 0.6 is 15.9 Å². The lowest BCUT2D eigenvalue weighted by atomic mass is 10.0. The summed E-state index contributed by atoms with van der Waals surface area (Å²) >= 11 is 3.28. The second-order valence-electron chi connectivity index (χ2n) is 7.91. The molecule has 2 aliphatic heterocycles. The number of imidazole rings is 1. The molecule has 0 atom stereocenters. The van der Waals surface area contributed by atoms with Gasteiger partial charge in [0.1, 0.15) is 17.1 Å². The first kappa shape index (κ1) is 23.2. The van der Waals surface area contributed by atoms with Crippen LogP contribution in [0.1, 0.15) is 38.7 Å². The van der Waals surface area contributed by atoms with E-state index >= 15 is 0 Å². The van der Waals surface area contributed by atoms with E-state index in [0.717, 1.165) is 9.37 Å². The Kier molecular flexibility index (Phi) is 5.93. The quantitative estimate of drug-likeness (QED) is 0.230. The molecule has 3 amide bonds. The smallest absolute Gasteiger partial charge is 0.285 e. The fourth-order valence-electron chi connectivity index (χ4n) is 4.01. The highest BCUT2D eigenvalue weighted by atomic mass is 79.9. The molecule has 0 bridgehead atoms. The van der Waals surface area contributed by atoms with Crippen LogP contribution < -0.4 is 27.0 Å². The van der Waals surface area contributed by atoms with Gasteiger partial charge in [-0.2, -0.15) is 4.98 Å². The van der Waals surface area contributed by atoms with E-state index in [2.05, 4.69) is 51.5 Å². The minimum atomic E-state index is -0.490. The van der Waals surface area contributed by atoms with Gasteiger partial charge in [-0.1, -0.05) is 6.08 Å². The summed E-state index contributed by atoms with van der Waals surface area (Å²) in [7, 11) is 0. The average molecular weight is 553 g/mol. The minimum Gasteiger partial charge on any atom is -0.369 e. The van der Waals surface area contributed by atoms with Crippen molar-refractivity contribution in [2.75, 3.05) is 23.7 Å². The van der Waals surface area contributed by atoms with Gasteiger partial charge in [-0.05, 0) is 46.1 Å². The number of nitrogens with one attached hydrogen (secondary N) is 5. The van der Waals surface area contributed by atoms with Crippen molar-refractivity contribution < 1.29 is 14.4 Å². The number of nitrogen functional groups attached to an aromatic ring is 1. The number of rotatable bonds is 5. The summed E-state index contributed by atoms with van der Waals surface area (Å²) in [6, 6.07) is 3.39. The molecule has 5 rings (SSSR count). The lowest BCUT2D eigenvalue weighted by Crippen LogP contribution is -2.38. The summed E-state index contributed by atoms with van der Waals surface area (Å²) in [5.74, 6) is -0.859. The van der Waals surface area contributed by atoms with Gasteiger partial charge in [0, 0.05) is 35.5 Å². The molecule has 36 heavy (non-hydrogen) atoms. The van der Waals surface area contributed by atoms with Crippen molar-refractivity contribution in [3.05, 3.63) is 63.4 Å². The van der Waals surface area contributed by atoms with E-state index in [9.17, 15) is 14.4 Å². The normalized spacial score (nSPS) is 17.8. The molecule has 0 saturated heterocycles. The number of aliphatic imine (C=N–C) groups is 1. The summed E-state index contributed by atoms with van der Waals surface area (Å²) in [5.41, 5.74) is 14.5. The zero-order valence-electron chi connectivity index (χ0n) is 18.7. The number of hydrogen-bond acceptors (Lipinski definition) is 7. The molecule has 0 radical (unpaired) electrons. The van der Waals surface area contributed by atoms with Gasteiger partial charge in [-0.15, -0.1) is 0 Å². The number of carbonyl (C=O) groups excluding carboxylic acids is 3. The lowest BCUT2D eigenvalue weighted by molar-refractivity contribution is -0.113. The number of nitrogens with two attached hydrogens (primary N) is 2. The number of amides is 3. The Morgan fingerprint density at radius 2 is 2.11 bits per heavy atom. The fourth-order valence-corrected chi connectivity index (χ4v) is 4.35. The molecule has 0 saturated carbocycles. The first-order valence-electron chi connectivity index (χ1n) is 10.9. The van der Waals surface area contributed by atoms with Crippen LogP contribution in [0.4, 0.5) is 11.8 Å². The fraction of sp³-hybridized carbons (Fsp3) is 0.136. The van der Waals surface area contributed by atoms with Crippen LogP contribution in [0.25, 0.3) is 11.6 Å². The Labute approximate surface area is 212 Å². The third kappa shape index (κ3) is 4.17. The summed E-state index contributed by atoms with van der Waals surface area (Å²) in [6.45, 7) is 0.551. The molecule has 0 fully saturated rings. The van der Waals surface area contributed by atoms with Crippen molar-refractivity contribution in [3.8, 4) is 0 Å². The van der Waals surface area contributed by atoms with Gasteiger partial charge in [0.25, 0.3) is 17.7 Å². The Morgan fingerprint density at radius 3 is 2.89 bits per heavy atom. The molecule has 0 aliphatic carbocycles. The SMILES string of the molecule is NC1=N/C(=C2/CCNC(=O)c3[nH]ccc32)C(=O)N1c1nc(N)[nH]c1/C=C/CNC(=O)c1cc(Br)c[nH]1. The van der Waals surface area contributed by atoms with Crippen LogP contribution in [0, 0.1) is 0 Å². The van der Waals surface area contributed by atoms with Gasteiger partial charge >= 0.3 is 0 Å². The maximum absolute atomic E-state index is 13.5. The number of aromatic nitrogens is 4. The first-order chi connectivity index (χ1) is 17.3. The summed E-state index contributed by atoms with van der Waals surface area (Å²) in [6.07, 6.45) is 7.00. The summed E-state index contributed by atoms with van der Waals surface area (Å²) < 4.78 is 0.768. The van der Waals surface area contributed by atoms with Gasteiger partial charge in [0.05, 0.1) is 5.69 Å². The average Bonchev–Trinajstić information content (AvgIpc) is 3.61. The van der Waals surface area contributed by atoms with Crippen LogP contribution in [-0.2, 0) is 4.79 Å². The number of H-pyrrole nitrogens is 3. The third-order valence-corrected chi connectivity index (χ3v) is 6.06. The number of carbonyl (C=O) groups is 3. The number of nitrogens with zero attached hydrogens (tertiary/aromatic N) is 3. The molecular weight excluding hydrogens is 532 g/mol. The van der Waals surface area contributed by atoms with Crippen LogP contribution in [0.5, 0.6) is 0 Å². The molecule has 14 heteroatoms. The van der Waals surface area contributed by atoms with Crippen molar-refractivity contribution in [2.45, 2.75) is 6.42 Å². The molecule has 5 heterocycles. The molecule has 13 nitrogen and oxygen atoms in total. The Bertz CT molecular complexity index is 1470. The molecule has 9 N–H and O–H groups in total. The number of fused-ring (bicyclic) bond motifs is 1. The molecule has 3 aromatic heterocycles. The first-order valence-corrected chi connectivity index (χ1v) is 11.6. The van der Waals surface area contributed by atoms with Gasteiger partial charge in [0.15, 0.2) is 11.8 Å². The molecule has 184 valence electrons. The largest absolute Gasteiger partial charge is 0.369 e. The molecule has 0 aromatic carbocycles. The number of aromatic amines is 3. The number of hydrogen-bond donors (Lipinski definition) is 7. The van der Waals surface area contributed by atoms with Crippen molar-refractivity contribution in [2.24, 2.45) is 10.7 Å². The number of halogens is 1. The molecule has 0 spiro atoms. The predicted molar refractivity (Wildman–Crippen MR) is 137 cm³/mol. The van der Waals surface area contributed by atoms with E-state index in [-0.39, 0.29) is 41.8 Å². The van der Waals surface area contributed by atoms with Crippen molar-refractivity contribution in [1.29, 1.82) is 0 Å². The lowest BCUT2D eigenvalue weighted by Gasteiger charge is -2.14. The van der Waals surface area contributed by atoms with Crippen molar-refractivity contribution in [3.63, 3.8) is 0 Å². The highest BCUT2D eigenvalue weighted by molar-refractivity contribution is 9.10. The van der Waals surface area contributed by atoms with Crippen LogP contribution in [-0.4, -0.2) is 56.7 Å². The van der Waals surface area contributed by atoms with Crippen LogP contribution in [0.3, 0.4) is 0 Å². The van der Waals surface area contributed by atoms with Crippen LogP contribution in [0.2, 0.25) is 0 Å². The van der Waals surface area contributed by atoms with Gasteiger partial charge in [-0.25, -0.2) is 9.89 Å². The van der Waals surface area contributed by atoms with Gasteiger partial charge in [0.2, 0.25) is 5.96 Å². The molecular formula is C22H21BrN10O3. The summed E-state index contributed by atoms with van der Waals surface area (Å²) in [4.78, 5) is 56.2. The molecule has 0 unspecified atom stereocenters. The molecule has 2 aliphatic rings. The number of guanidine groups is 1. The second kappa shape index (κ2) is 9.22. The van der Waals surface area contributed by atoms with E-state index in [1.807, 2.05) is 0 Å². The van der Waals surface area contributed by atoms with Crippen molar-refractivity contribution >= 4 is 63.0 Å². The van der Waals surface area contributed by atoms with Gasteiger partial charge in [-0.3, -0.25) is 14.4 Å². The topological polar surface area (TPSA) is 203 Å². The summed E-state index contributed by atoms with van der Waals surface area (Å²) in [5, 5.41) is 5.53. The zero-order chi connectivity index (χ0) is 25.4. The van der Waals surface area contributed by atoms with E-state index in [1.165, 1.54) is 0 Å². The molecule has 3 aromatic rings. The highest BCUT2D eigenvalue weighted by Gasteiger charge is 2.36. The number of anilines is 2. The second-order valence-corrected chi connectivity index (χ2v) is 8.83. The monoisotopic (exact) mass is 552 g/mol. The zero-order valence-corrected chi connectivity index (χ0v) is 20.3. The van der Waals surface area contributed by atoms with E-state index < -0.39 is 5.91 Å². The minimum absolute atomic E-state index is 0.0730. The maximum atomic E-state index is 13.5. The highest BCUT2D eigenvalue weighted by Crippen LogP contribution is 2.33. The van der Waals surface area contributed by atoms with Crippen LogP contribution in [0.15, 0.2) is 45.8 Å². The maximum Gasteiger partial charge on any atom is 0.285 e. The van der Waals surface area contributed by atoms with E-state index in [4.69, 9.17) is 11.5 Å². The third-order valence-electron chi connectivity index (χ3n) is 5.61. The Balaban J connectivity index is 1.38. The Hall–Kier alpha value is -4.59. The standard InChI is InChI=1S/C22H21BrN10O3/c23-10-8-14(29-9-10)18(34)27-5-1-2-13-17(32-21(24)30-13)33-20(36)16(31-22(33)25)12-4-7-28-19(35)15-11(12)3-6-26-15/h1-3,6,8-9,26,29H,4-5,7H2,(H2,25,31)(H,27,34)(H,28,35)(H3,24,30,32)/b2-1+,16-12-. The Morgan fingerprint density at radius 1 is 1.28 bits per heavy atom. The predicted octanol–water partition coefficient (Wildman–Crippen LogP) is 1.06. The van der Waals surface area contributed by atoms with E-state index in [1.54, 1.807) is 36.7 Å².